The van der Waals surface area contributed by atoms with Gasteiger partial charge in [0.1, 0.15) is 11.7 Å². The minimum Gasteiger partial charge on any atom is -0.324 e. The largest absolute Gasteiger partial charge is 0.324 e. The maximum atomic E-state index is 13.1. The SMILES string of the molecule is CC[C@H](C(=O)Nc1cccc(C)c1C)n1nc(-c2ccccc2)cc(NC(C)=O)c1=O. The summed E-state index contributed by atoms with van der Waals surface area (Å²) >= 11 is 0. The topological polar surface area (TPSA) is 93.1 Å². The molecule has 3 aromatic rings. The van der Waals surface area contributed by atoms with Crippen LogP contribution in [0.2, 0.25) is 0 Å². The number of rotatable bonds is 6. The van der Waals surface area contributed by atoms with Crippen molar-refractivity contribution in [3.05, 3.63) is 76.1 Å². The summed E-state index contributed by atoms with van der Waals surface area (Å²) in [5.41, 5.74) is 3.52. The first kappa shape index (κ1) is 22.0. The molecule has 2 amide bonds. The van der Waals surface area contributed by atoms with E-state index in [1.54, 1.807) is 0 Å². The zero-order valence-electron chi connectivity index (χ0n) is 18.1. The van der Waals surface area contributed by atoms with Gasteiger partial charge in [-0.25, -0.2) is 4.68 Å². The summed E-state index contributed by atoms with van der Waals surface area (Å²) in [6.45, 7) is 7.05. The van der Waals surface area contributed by atoms with Crippen molar-refractivity contribution in [3.63, 3.8) is 0 Å². The number of anilines is 2. The molecular weight excluding hydrogens is 392 g/mol. The fraction of sp³-hybridized carbons (Fsp3) is 0.250. The number of hydrogen-bond donors (Lipinski definition) is 2. The lowest BCUT2D eigenvalue weighted by Crippen LogP contribution is -2.36. The van der Waals surface area contributed by atoms with Gasteiger partial charge >= 0.3 is 0 Å². The maximum Gasteiger partial charge on any atom is 0.291 e. The monoisotopic (exact) mass is 418 g/mol. The van der Waals surface area contributed by atoms with Crippen molar-refractivity contribution in [2.45, 2.75) is 40.2 Å². The van der Waals surface area contributed by atoms with E-state index in [1.165, 1.54) is 13.0 Å². The van der Waals surface area contributed by atoms with Crippen molar-refractivity contribution >= 4 is 23.2 Å². The highest BCUT2D eigenvalue weighted by atomic mass is 16.2. The van der Waals surface area contributed by atoms with Gasteiger partial charge in [0.15, 0.2) is 0 Å². The van der Waals surface area contributed by atoms with Crippen molar-refractivity contribution < 1.29 is 9.59 Å². The number of hydrogen-bond acceptors (Lipinski definition) is 4. The summed E-state index contributed by atoms with van der Waals surface area (Å²) < 4.78 is 1.16. The summed E-state index contributed by atoms with van der Waals surface area (Å²) in [7, 11) is 0. The van der Waals surface area contributed by atoms with Crippen molar-refractivity contribution in [1.82, 2.24) is 9.78 Å². The van der Waals surface area contributed by atoms with Gasteiger partial charge in [-0.2, -0.15) is 5.10 Å². The van der Waals surface area contributed by atoms with Crippen LogP contribution in [0, 0.1) is 13.8 Å². The molecule has 2 aromatic carbocycles. The van der Waals surface area contributed by atoms with Crippen LogP contribution in [0.3, 0.4) is 0 Å². The van der Waals surface area contributed by atoms with Gasteiger partial charge in [0.25, 0.3) is 5.56 Å². The van der Waals surface area contributed by atoms with Crippen molar-refractivity contribution in [2.75, 3.05) is 10.6 Å². The number of amides is 2. The van der Waals surface area contributed by atoms with Crippen LogP contribution in [0.1, 0.15) is 37.4 Å². The molecule has 0 aliphatic carbocycles. The molecule has 2 N–H and O–H groups in total. The Morgan fingerprint density at radius 1 is 1.00 bits per heavy atom. The first-order valence-electron chi connectivity index (χ1n) is 10.2. The molecule has 0 aliphatic heterocycles. The van der Waals surface area contributed by atoms with Gasteiger partial charge in [0, 0.05) is 18.2 Å². The Morgan fingerprint density at radius 2 is 1.71 bits per heavy atom. The quantitative estimate of drug-likeness (QED) is 0.631. The van der Waals surface area contributed by atoms with E-state index in [4.69, 9.17) is 0 Å². The fourth-order valence-electron chi connectivity index (χ4n) is 3.32. The molecule has 7 nitrogen and oxygen atoms in total. The number of aromatic nitrogens is 2. The minimum atomic E-state index is -0.844. The Kier molecular flexibility index (Phi) is 6.65. The van der Waals surface area contributed by atoms with Crippen LogP contribution >= 0.6 is 0 Å². The molecule has 0 radical (unpaired) electrons. The van der Waals surface area contributed by atoms with E-state index in [1.807, 2.05) is 69.3 Å². The number of nitrogens with one attached hydrogen (secondary N) is 2. The summed E-state index contributed by atoms with van der Waals surface area (Å²) in [5.74, 6) is -0.716. The third kappa shape index (κ3) is 4.88. The van der Waals surface area contributed by atoms with Crippen LogP contribution in [0.25, 0.3) is 11.3 Å². The van der Waals surface area contributed by atoms with E-state index in [9.17, 15) is 14.4 Å². The highest BCUT2D eigenvalue weighted by Crippen LogP contribution is 2.22. The fourth-order valence-corrected chi connectivity index (χ4v) is 3.32. The second-order valence-electron chi connectivity index (χ2n) is 7.40. The number of nitrogens with zero attached hydrogens (tertiary/aromatic N) is 2. The molecule has 7 heteroatoms. The molecule has 1 aromatic heterocycles. The van der Waals surface area contributed by atoms with Gasteiger partial charge in [-0.1, -0.05) is 49.4 Å². The molecule has 0 fully saturated rings. The normalized spacial score (nSPS) is 11.6. The average molecular weight is 418 g/mol. The van der Waals surface area contributed by atoms with E-state index in [-0.39, 0.29) is 17.5 Å². The molecule has 3 rings (SSSR count). The van der Waals surface area contributed by atoms with Crippen molar-refractivity contribution in [2.24, 2.45) is 0 Å². The molecule has 0 saturated heterocycles. The Hall–Kier alpha value is -3.74. The molecule has 1 heterocycles. The van der Waals surface area contributed by atoms with Crippen LogP contribution in [-0.2, 0) is 9.59 Å². The summed E-state index contributed by atoms with van der Waals surface area (Å²) in [6, 6.07) is 15.6. The van der Waals surface area contributed by atoms with E-state index in [0.29, 0.717) is 17.8 Å². The van der Waals surface area contributed by atoms with Gasteiger partial charge in [-0.3, -0.25) is 14.4 Å². The lowest BCUT2D eigenvalue weighted by Gasteiger charge is -2.20. The molecule has 0 aliphatic rings. The Bertz CT molecular complexity index is 1170. The summed E-state index contributed by atoms with van der Waals surface area (Å²) in [4.78, 5) is 37.9. The van der Waals surface area contributed by atoms with Crippen LogP contribution in [0.15, 0.2) is 59.4 Å². The predicted octanol–water partition coefficient (Wildman–Crippen LogP) is 4.08. The first-order valence-corrected chi connectivity index (χ1v) is 10.2. The van der Waals surface area contributed by atoms with Gasteiger partial charge in [0.05, 0.1) is 5.69 Å². The molecule has 0 bridgehead atoms. The van der Waals surface area contributed by atoms with Gasteiger partial charge in [-0.15, -0.1) is 0 Å². The smallest absolute Gasteiger partial charge is 0.291 e. The molecule has 1 atom stereocenters. The second kappa shape index (κ2) is 9.38. The summed E-state index contributed by atoms with van der Waals surface area (Å²) in [6.07, 6.45) is 0.349. The first-order chi connectivity index (χ1) is 14.8. The third-order valence-corrected chi connectivity index (χ3v) is 5.16. The predicted molar refractivity (Wildman–Crippen MR) is 122 cm³/mol. The van der Waals surface area contributed by atoms with E-state index in [2.05, 4.69) is 15.7 Å². The van der Waals surface area contributed by atoms with Crippen LogP contribution < -0.4 is 16.2 Å². The third-order valence-electron chi connectivity index (χ3n) is 5.16. The molecule has 160 valence electrons. The van der Waals surface area contributed by atoms with Gasteiger partial charge in [-0.05, 0) is 43.5 Å². The molecular formula is C24H26N4O3. The van der Waals surface area contributed by atoms with Gasteiger partial charge in [0.2, 0.25) is 11.8 Å². The highest BCUT2D eigenvalue weighted by molar-refractivity contribution is 5.94. The lowest BCUT2D eigenvalue weighted by atomic mass is 10.1. The number of carbonyl (C=O) groups is 2. The second-order valence-corrected chi connectivity index (χ2v) is 7.40. The number of carbonyl (C=O) groups excluding carboxylic acids is 2. The van der Waals surface area contributed by atoms with Crippen LogP contribution in [0.4, 0.5) is 11.4 Å². The van der Waals surface area contributed by atoms with Crippen LogP contribution in [-0.4, -0.2) is 21.6 Å². The number of benzene rings is 2. The zero-order valence-corrected chi connectivity index (χ0v) is 18.1. The van der Waals surface area contributed by atoms with Crippen molar-refractivity contribution in [1.29, 1.82) is 0 Å². The van der Waals surface area contributed by atoms with E-state index >= 15 is 0 Å². The highest BCUT2D eigenvalue weighted by Gasteiger charge is 2.24. The van der Waals surface area contributed by atoms with Gasteiger partial charge < -0.3 is 10.6 Å². The Labute approximate surface area is 181 Å². The maximum absolute atomic E-state index is 13.1. The van der Waals surface area contributed by atoms with E-state index < -0.39 is 11.6 Å². The molecule has 0 unspecified atom stereocenters. The standard InChI is InChI=1S/C24H26N4O3/c1-5-22(23(30)26-19-13-9-10-15(2)16(19)3)28-24(31)21(25-17(4)29)14-20(27-28)18-11-7-6-8-12-18/h6-14,22H,5H2,1-4H3,(H,25,29)(H,26,30)/t22-/m1/s1. The minimum absolute atomic E-state index is 0.0827. The average Bonchev–Trinajstić information content (AvgIpc) is 2.74. The molecule has 0 saturated carbocycles. The lowest BCUT2D eigenvalue weighted by molar-refractivity contribution is -0.119. The Balaban J connectivity index is 2.07. The molecule has 0 spiro atoms. The molecule has 31 heavy (non-hydrogen) atoms. The Morgan fingerprint density at radius 3 is 2.35 bits per heavy atom. The number of aryl methyl sites for hydroxylation is 1. The van der Waals surface area contributed by atoms with E-state index in [0.717, 1.165) is 21.4 Å². The summed E-state index contributed by atoms with van der Waals surface area (Å²) in [5, 5.41) is 9.96. The van der Waals surface area contributed by atoms with Crippen molar-refractivity contribution in [3.8, 4) is 11.3 Å². The zero-order chi connectivity index (χ0) is 22.5. The van der Waals surface area contributed by atoms with Crippen LogP contribution in [0.5, 0.6) is 0 Å².